The summed E-state index contributed by atoms with van der Waals surface area (Å²) in [5.41, 5.74) is -0.293. The molecule has 0 saturated heterocycles. The highest BCUT2D eigenvalue weighted by Crippen LogP contribution is 2.20. The van der Waals surface area contributed by atoms with Crippen LogP contribution in [0.2, 0.25) is 0 Å². The van der Waals surface area contributed by atoms with E-state index in [0.717, 1.165) is 0 Å². The summed E-state index contributed by atoms with van der Waals surface area (Å²) in [6, 6.07) is 0. The number of sulfonamides is 1. The van der Waals surface area contributed by atoms with Crippen LogP contribution >= 0.6 is 0 Å². The molecule has 18 heavy (non-hydrogen) atoms. The number of aromatic amines is 1. The SMILES string of the molecule is Cc1n[nH]c(C)c1S(=O)(=O)NC(C)(C)CC(=O)O. The monoisotopic (exact) mass is 275 g/mol. The average molecular weight is 275 g/mol. The maximum Gasteiger partial charge on any atom is 0.305 e. The number of hydrogen-bond donors (Lipinski definition) is 3. The Labute approximate surface area is 106 Å². The molecule has 0 amide bonds. The summed E-state index contributed by atoms with van der Waals surface area (Å²) in [6.07, 6.45) is -0.303. The number of nitrogens with zero attached hydrogens (tertiary/aromatic N) is 1. The third kappa shape index (κ3) is 3.30. The summed E-state index contributed by atoms with van der Waals surface area (Å²) in [6.45, 7) is 6.20. The Kier molecular flexibility index (Phi) is 3.82. The minimum Gasteiger partial charge on any atom is -0.481 e. The average Bonchev–Trinajstić information content (AvgIpc) is 2.41. The fraction of sp³-hybridized carbons (Fsp3) is 0.600. The number of aromatic nitrogens is 2. The molecule has 8 heteroatoms. The van der Waals surface area contributed by atoms with E-state index in [9.17, 15) is 13.2 Å². The first-order valence-electron chi connectivity index (χ1n) is 5.32. The highest BCUT2D eigenvalue weighted by Gasteiger charge is 2.31. The molecule has 7 nitrogen and oxygen atoms in total. The molecule has 1 aromatic heterocycles. The summed E-state index contributed by atoms with van der Waals surface area (Å²) in [5, 5.41) is 15.1. The molecular formula is C10H17N3O4S. The van der Waals surface area contributed by atoms with Crippen molar-refractivity contribution in [1.82, 2.24) is 14.9 Å². The van der Waals surface area contributed by atoms with E-state index < -0.39 is 21.5 Å². The molecule has 1 aromatic rings. The Balaban J connectivity index is 3.07. The molecule has 0 bridgehead atoms. The zero-order valence-electron chi connectivity index (χ0n) is 10.7. The van der Waals surface area contributed by atoms with Crippen LogP contribution < -0.4 is 4.72 Å². The van der Waals surface area contributed by atoms with Crippen molar-refractivity contribution in [2.45, 2.75) is 44.6 Å². The minimum absolute atomic E-state index is 0.0703. The zero-order chi connectivity index (χ0) is 14.1. The molecule has 1 heterocycles. The molecule has 1 rings (SSSR count). The van der Waals surface area contributed by atoms with Crippen LogP contribution in [-0.2, 0) is 14.8 Å². The number of hydrogen-bond acceptors (Lipinski definition) is 4. The molecule has 0 saturated carbocycles. The summed E-state index contributed by atoms with van der Waals surface area (Å²) in [4.78, 5) is 10.7. The molecule has 0 aliphatic heterocycles. The Morgan fingerprint density at radius 1 is 1.44 bits per heavy atom. The fourth-order valence-corrected chi connectivity index (χ4v) is 3.55. The predicted octanol–water partition coefficient (Wildman–Crippen LogP) is 0.558. The number of aryl methyl sites for hydroxylation is 2. The lowest BCUT2D eigenvalue weighted by molar-refractivity contribution is -0.138. The highest BCUT2D eigenvalue weighted by atomic mass is 32.2. The van der Waals surface area contributed by atoms with Crippen molar-refractivity contribution >= 4 is 16.0 Å². The van der Waals surface area contributed by atoms with E-state index in [2.05, 4.69) is 14.9 Å². The number of H-pyrrole nitrogens is 1. The summed E-state index contributed by atoms with van der Waals surface area (Å²) >= 11 is 0. The summed E-state index contributed by atoms with van der Waals surface area (Å²) < 4.78 is 26.7. The van der Waals surface area contributed by atoms with Crippen LogP contribution in [0.25, 0.3) is 0 Å². The smallest absolute Gasteiger partial charge is 0.305 e. The molecule has 0 aliphatic carbocycles. The van der Waals surface area contributed by atoms with Crippen LogP contribution in [0.5, 0.6) is 0 Å². The van der Waals surface area contributed by atoms with E-state index in [1.165, 1.54) is 13.8 Å². The number of rotatable bonds is 5. The molecule has 0 radical (unpaired) electrons. The van der Waals surface area contributed by atoms with Gasteiger partial charge in [-0.05, 0) is 27.7 Å². The molecule has 0 spiro atoms. The molecule has 0 aliphatic rings. The van der Waals surface area contributed by atoms with Crippen molar-refractivity contribution < 1.29 is 18.3 Å². The van der Waals surface area contributed by atoms with Crippen LogP contribution in [0.15, 0.2) is 4.90 Å². The quantitative estimate of drug-likeness (QED) is 0.726. The van der Waals surface area contributed by atoms with Crippen molar-refractivity contribution in [3.8, 4) is 0 Å². The Morgan fingerprint density at radius 2 is 2.00 bits per heavy atom. The van der Waals surface area contributed by atoms with Crippen molar-refractivity contribution in [2.75, 3.05) is 0 Å². The van der Waals surface area contributed by atoms with Gasteiger partial charge in [-0.15, -0.1) is 0 Å². The van der Waals surface area contributed by atoms with Gasteiger partial charge in [0, 0.05) is 5.54 Å². The van der Waals surface area contributed by atoms with Gasteiger partial charge < -0.3 is 5.11 Å². The summed E-state index contributed by atoms with van der Waals surface area (Å²) in [5.74, 6) is -1.07. The third-order valence-corrected chi connectivity index (χ3v) is 4.29. The van der Waals surface area contributed by atoms with Crippen molar-refractivity contribution in [3.63, 3.8) is 0 Å². The molecule has 0 unspecified atom stereocenters. The van der Waals surface area contributed by atoms with Crippen molar-refractivity contribution in [1.29, 1.82) is 0 Å². The lowest BCUT2D eigenvalue weighted by atomic mass is 10.0. The van der Waals surface area contributed by atoms with Gasteiger partial charge in [-0.3, -0.25) is 9.89 Å². The number of carbonyl (C=O) groups is 1. The largest absolute Gasteiger partial charge is 0.481 e. The highest BCUT2D eigenvalue weighted by molar-refractivity contribution is 7.89. The number of carboxylic acid groups (broad SMARTS) is 1. The van der Waals surface area contributed by atoms with Gasteiger partial charge in [0.05, 0.1) is 17.8 Å². The van der Waals surface area contributed by atoms with Gasteiger partial charge in [-0.1, -0.05) is 0 Å². The standard InChI is InChI=1S/C10H17N3O4S/c1-6-9(7(2)12-11-6)18(16,17)13-10(3,4)5-8(14)15/h13H,5H2,1-4H3,(H,11,12)(H,14,15). The van der Waals surface area contributed by atoms with Crippen LogP contribution in [0, 0.1) is 13.8 Å². The van der Waals surface area contributed by atoms with Crippen molar-refractivity contribution in [3.05, 3.63) is 11.4 Å². The first kappa shape index (κ1) is 14.7. The molecule has 3 N–H and O–H groups in total. The van der Waals surface area contributed by atoms with E-state index >= 15 is 0 Å². The van der Waals surface area contributed by atoms with E-state index in [-0.39, 0.29) is 11.3 Å². The topological polar surface area (TPSA) is 112 Å². The number of nitrogens with one attached hydrogen (secondary N) is 2. The Hall–Kier alpha value is -1.41. The lowest BCUT2D eigenvalue weighted by Gasteiger charge is -2.23. The number of aliphatic carboxylic acids is 1. The molecular weight excluding hydrogens is 258 g/mol. The van der Waals surface area contributed by atoms with Crippen LogP contribution in [0.3, 0.4) is 0 Å². The molecule has 0 atom stereocenters. The Morgan fingerprint density at radius 3 is 2.39 bits per heavy atom. The summed E-state index contributed by atoms with van der Waals surface area (Å²) in [7, 11) is -3.79. The van der Waals surface area contributed by atoms with E-state index in [4.69, 9.17) is 5.11 Å². The second-order valence-electron chi connectivity index (χ2n) is 4.82. The van der Waals surface area contributed by atoms with Gasteiger partial charge in [0.25, 0.3) is 0 Å². The second kappa shape index (κ2) is 4.69. The van der Waals surface area contributed by atoms with E-state index in [0.29, 0.717) is 11.4 Å². The van der Waals surface area contributed by atoms with Gasteiger partial charge in [0.15, 0.2) is 0 Å². The third-order valence-electron chi connectivity index (χ3n) is 2.33. The van der Waals surface area contributed by atoms with Gasteiger partial charge in [0.2, 0.25) is 10.0 Å². The van der Waals surface area contributed by atoms with Gasteiger partial charge in [-0.2, -0.15) is 5.10 Å². The first-order valence-corrected chi connectivity index (χ1v) is 6.81. The van der Waals surface area contributed by atoms with Gasteiger partial charge >= 0.3 is 5.97 Å². The van der Waals surface area contributed by atoms with Crippen LogP contribution in [-0.4, -0.2) is 35.2 Å². The maximum absolute atomic E-state index is 12.2. The fourth-order valence-electron chi connectivity index (χ4n) is 1.77. The van der Waals surface area contributed by atoms with Gasteiger partial charge in [-0.25, -0.2) is 13.1 Å². The van der Waals surface area contributed by atoms with Gasteiger partial charge in [0.1, 0.15) is 4.90 Å². The zero-order valence-corrected chi connectivity index (χ0v) is 11.6. The predicted molar refractivity (Wildman–Crippen MR) is 64.7 cm³/mol. The normalized spacial score (nSPS) is 12.7. The molecule has 0 fully saturated rings. The van der Waals surface area contributed by atoms with Crippen LogP contribution in [0.1, 0.15) is 31.7 Å². The maximum atomic E-state index is 12.2. The first-order chi connectivity index (χ1) is 8.05. The van der Waals surface area contributed by atoms with Crippen molar-refractivity contribution in [2.24, 2.45) is 0 Å². The second-order valence-corrected chi connectivity index (χ2v) is 6.44. The number of carboxylic acids is 1. The van der Waals surface area contributed by atoms with E-state index in [1.807, 2.05) is 0 Å². The van der Waals surface area contributed by atoms with Crippen LogP contribution in [0.4, 0.5) is 0 Å². The molecule has 102 valence electrons. The van der Waals surface area contributed by atoms with E-state index in [1.54, 1.807) is 13.8 Å². The minimum atomic E-state index is -3.79. The lowest BCUT2D eigenvalue weighted by Crippen LogP contribution is -2.45. The molecule has 0 aromatic carbocycles. The Bertz CT molecular complexity index is 540.